The molecule has 0 aliphatic carbocycles. The van der Waals surface area contributed by atoms with Crippen LogP contribution in [0.2, 0.25) is 0 Å². The van der Waals surface area contributed by atoms with Crippen molar-refractivity contribution >= 4 is 27.7 Å². The summed E-state index contributed by atoms with van der Waals surface area (Å²) in [7, 11) is 2.84. The Bertz CT molecular complexity index is 385. The number of nitrogens with one attached hydrogen (secondary N) is 1. The van der Waals surface area contributed by atoms with Crippen molar-refractivity contribution in [3.63, 3.8) is 0 Å². The van der Waals surface area contributed by atoms with E-state index in [-0.39, 0.29) is 12.4 Å². The minimum atomic E-state index is -0.575. The second kappa shape index (κ2) is 6.51. The Hall–Kier alpha value is -1.21. The molecule has 0 amide bonds. The van der Waals surface area contributed by atoms with Crippen LogP contribution in [0.25, 0.3) is 0 Å². The molecule has 0 spiro atoms. The number of carbonyl (C=O) groups excluding carboxylic acids is 1. The lowest BCUT2D eigenvalue weighted by atomic mass is 10.4. The van der Waals surface area contributed by atoms with Crippen molar-refractivity contribution in [2.45, 2.75) is 13.5 Å². The number of aromatic nitrogens is 2. The molecule has 0 fully saturated rings. The molecule has 1 N–H and O–H groups in total. The van der Waals surface area contributed by atoms with Crippen LogP contribution in [0.4, 0.5) is 5.82 Å². The zero-order valence-electron chi connectivity index (χ0n) is 9.91. The van der Waals surface area contributed by atoms with Crippen LogP contribution in [0.5, 0.6) is 0 Å². The van der Waals surface area contributed by atoms with Crippen molar-refractivity contribution in [2.24, 2.45) is 0 Å². The van der Waals surface area contributed by atoms with Gasteiger partial charge in [0, 0.05) is 13.7 Å². The molecular weight excluding hydrogens is 290 g/mol. The van der Waals surface area contributed by atoms with Gasteiger partial charge >= 0.3 is 5.97 Å². The Morgan fingerprint density at radius 1 is 1.41 bits per heavy atom. The number of methoxy groups -OCH3 is 2. The van der Waals surface area contributed by atoms with Crippen LogP contribution in [0.3, 0.4) is 0 Å². The third-order valence-electron chi connectivity index (χ3n) is 1.91. The quantitative estimate of drug-likeness (QED) is 0.833. The highest BCUT2D eigenvalue weighted by Crippen LogP contribution is 2.24. The summed E-state index contributed by atoms with van der Waals surface area (Å²) in [5.74, 6) is -0.0114. The Kier molecular flexibility index (Phi) is 5.30. The van der Waals surface area contributed by atoms with Crippen molar-refractivity contribution in [3.8, 4) is 0 Å². The van der Waals surface area contributed by atoms with Gasteiger partial charge in [-0.1, -0.05) is 0 Å². The summed E-state index contributed by atoms with van der Waals surface area (Å²) >= 11 is 3.37. The lowest BCUT2D eigenvalue weighted by molar-refractivity contribution is 0.0585. The SMILES string of the molecule is CCNc1nc(C(=O)OC)nc(COC)c1Br. The lowest BCUT2D eigenvalue weighted by Gasteiger charge is -2.10. The third kappa shape index (κ3) is 3.37. The van der Waals surface area contributed by atoms with E-state index in [9.17, 15) is 4.79 Å². The zero-order valence-corrected chi connectivity index (χ0v) is 11.5. The monoisotopic (exact) mass is 303 g/mol. The fourth-order valence-corrected chi connectivity index (χ4v) is 1.63. The number of hydrogen-bond acceptors (Lipinski definition) is 6. The first-order chi connectivity index (χ1) is 8.13. The molecule has 1 aromatic heterocycles. The molecule has 0 aromatic carbocycles. The van der Waals surface area contributed by atoms with Gasteiger partial charge in [0.25, 0.3) is 0 Å². The summed E-state index contributed by atoms with van der Waals surface area (Å²) in [5, 5.41) is 3.03. The molecule has 17 heavy (non-hydrogen) atoms. The molecule has 7 heteroatoms. The topological polar surface area (TPSA) is 73.3 Å². The number of nitrogens with zero attached hydrogens (tertiary/aromatic N) is 2. The second-order valence-electron chi connectivity index (χ2n) is 3.11. The standard InChI is InChI=1S/C10H14BrN3O3/c1-4-12-8-7(11)6(5-16-2)13-9(14-8)10(15)17-3/h4-5H2,1-3H3,(H,12,13,14). The van der Waals surface area contributed by atoms with E-state index in [2.05, 4.69) is 36.0 Å². The summed E-state index contributed by atoms with van der Waals surface area (Å²) in [5.41, 5.74) is 0.596. The molecule has 1 rings (SSSR count). The van der Waals surface area contributed by atoms with Gasteiger partial charge in [-0.25, -0.2) is 14.8 Å². The maximum Gasteiger partial charge on any atom is 0.376 e. The molecule has 0 aliphatic rings. The van der Waals surface area contributed by atoms with E-state index in [0.29, 0.717) is 22.5 Å². The number of esters is 1. The van der Waals surface area contributed by atoms with Crippen LogP contribution in [-0.2, 0) is 16.1 Å². The second-order valence-corrected chi connectivity index (χ2v) is 3.90. The molecule has 0 saturated heterocycles. The predicted octanol–water partition coefficient (Wildman–Crippen LogP) is 1.60. The van der Waals surface area contributed by atoms with Gasteiger partial charge in [-0.2, -0.15) is 0 Å². The van der Waals surface area contributed by atoms with Gasteiger partial charge < -0.3 is 14.8 Å². The Labute approximate surface area is 108 Å². The fraction of sp³-hybridized carbons (Fsp3) is 0.500. The van der Waals surface area contributed by atoms with Crippen molar-refractivity contribution in [1.82, 2.24) is 9.97 Å². The van der Waals surface area contributed by atoms with E-state index in [0.717, 1.165) is 0 Å². The van der Waals surface area contributed by atoms with Crippen molar-refractivity contribution < 1.29 is 14.3 Å². The molecule has 6 nitrogen and oxygen atoms in total. The largest absolute Gasteiger partial charge is 0.463 e. The van der Waals surface area contributed by atoms with Gasteiger partial charge in [-0.15, -0.1) is 0 Å². The van der Waals surface area contributed by atoms with Crippen LogP contribution in [0.15, 0.2) is 4.47 Å². The van der Waals surface area contributed by atoms with Gasteiger partial charge in [-0.05, 0) is 22.9 Å². The average Bonchev–Trinajstić information content (AvgIpc) is 2.33. The normalized spacial score (nSPS) is 10.1. The molecule has 1 aromatic rings. The number of rotatable bonds is 5. The summed E-state index contributed by atoms with van der Waals surface area (Å²) in [6.45, 7) is 2.90. The van der Waals surface area contributed by atoms with Gasteiger partial charge in [0.05, 0.1) is 23.9 Å². The maximum atomic E-state index is 11.4. The molecule has 1 heterocycles. The average molecular weight is 304 g/mol. The number of anilines is 1. The zero-order chi connectivity index (χ0) is 12.8. The van der Waals surface area contributed by atoms with Crippen LogP contribution in [0, 0.1) is 0 Å². The van der Waals surface area contributed by atoms with Crippen molar-refractivity contribution in [2.75, 3.05) is 26.1 Å². The van der Waals surface area contributed by atoms with Crippen molar-refractivity contribution in [3.05, 3.63) is 16.0 Å². The number of ether oxygens (including phenoxy) is 2. The highest BCUT2D eigenvalue weighted by atomic mass is 79.9. The molecule has 0 atom stereocenters. The first kappa shape index (κ1) is 13.9. The van der Waals surface area contributed by atoms with E-state index < -0.39 is 5.97 Å². The summed E-state index contributed by atoms with van der Waals surface area (Å²) in [6, 6.07) is 0. The van der Waals surface area contributed by atoms with Gasteiger partial charge in [0.2, 0.25) is 5.82 Å². The maximum absolute atomic E-state index is 11.4. The van der Waals surface area contributed by atoms with Crippen LogP contribution >= 0.6 is 15.9 Å². The molecule has 0 unspecified atom stereocenters. The summed E-state index contributed by atoms with van der Waals surface area (Å²) < 4.78 is 10.3. The highest BCUT2D eigenvalue weighted by molar-refractivity contribution is 9.10. The summed E-state index contributed by atoms with van der Waals surface area (Å²) in [4.78, 5) is 19.6. The molecule has 0 bridgehead atoms. The summed E-state index contributed by atoms with van der Waals surface area (Å²) in [6.07, 6.45) is 0. The lowest BCUT2D eigenvalue weighted by Crippen LogP contribution is -2.13. The third-order valence-corrected chi connectivity index (χ3v) is 2.75. The minimum absolute atomic E-state index is 0.0127. The van der Waals surface area contributed by atoms with Crippen molar-refractivity contribution in [1.29, 1.82) is 0 Å². The van der Waals surface area contributed by atoms with E-state index in [1.54, 1.807) is 7.11 Å². The Morgan fingerprint density at radius 2 is 2.12 bits per heavy atom. The fourth-order valence-electron chi connectivity index (χ4n) is 1.19. The Balaban J connectivity index is 3.20. The molecular formula is C10H14BrN3O3. The molecule has 0 saturated carbocycles. The van der Waals surface area contributed by atoms with E-state index >= 15 is 0 Å². The predicted molar refractivity (Wildman–Crippen MR) is 65.9 cm³/mol. The van der Waals surface area contributed by atoms with Gasteiger partial charge in [0.1, 0.15) is 5.82 Å². The van der Waals surface area contributed by atoms with Crippen LogP contribution in [0.1, 0.15) is 23.2 Å². The number of carbonyl (C=O) groups is 1. The number of hydrogen-bond donors (Lipinski definition) is 1. The number of halogens is 1. The van der Waals surface area contributed by atoms with Gasteiger partial charge in [-0.3, -0.25) is 0 Å². The van der Waals surface area contributed by atoms with Gasteiger partial charge in [0.15, 0.2) is 0 Å². The highest BCUT2D eigenvalue weighted by Gasteiger charge is 2.16. The molecule has 0 aliphatic heterocycles. The minimum Gasteiger partial charge on any atom is -0.463 e. The van der Waals surface area contributed by atoms with E-state index in [4.69, 9.17) is 4.74 Å². The van der Waals surface area contributed by atoms with E-state index in [1.807, 2.05) is 6.92 Å². The first-order valence-electron chi connectivity index (χ1n) is 5.01. The smallest absolute Gasteiger partial charge is 0.376 e. The molecule has 94 valence electrons. The van der Waals surface area contributed by atoms with Crippen LogP contribution in [-0.4, -0.2) is 36.7 Å². The van der Waals surface area contributed by atoms with E-state index in [1.165, 1.54) is 7.11 Å². The Morgan fingerprint density at radius 3 is 2.65 bits per heavy atom. The first-order valence-corrected chi connectivity index (χ1v) is 5.80. The van der Waals surface area contributed by atoms with Crippen LogP contribution < -0.4 is 5.32 Å². The molecule has 0 radical (unpaired) electrons.